The van der Waals surface area contributed by atoms with Gasteiger partial charge in [0.05, 0.1) is 4.47 Å². The fourth-order valence-electron chi connectivity index (χ4n) is 1.31. The van der Waals surface area contributed by atoms with Crippen LogP contribution >= 0.6 is 15.9 Å². The first-order valence-electron chi connectivity index (χ1n) is 5.45. The third-order valence-electron chi connectivity index (χ3n) is 2.65. The second-order valence-electron chi connectivity index (χ2n) is 4.00. The first kappa shape index (κ1) is 15.3. The van der Waals surface area contributed by atoms with Gasteiger partial charge in [0.2, 0.25) is 0 Å². The molecule has 2 atom stereocenters. The molecule has 0 spiro atoms. The molecule has 1 aromatic carbocycles. The topological polar surface area (TPSA) is 21.3 Å². The Hall–Kier alpha value is -0.750. The minimum absolute atomic E-state index is 0.121. The number of ether oxygens (including phenoxy) is 1. The molecule has 0 saturated carbocycles. The maximum atomic E-state index is 12.4. The highest BCUT2D eigenvalue weighted by Crippen LogP contribution is 2.32. The molecule has 0 aliphatic heterocycles. The van der Waals surface area contributed by atoms with Gasteiger partial charge in [0, 0.05) is 6.04 Å². The Morgan fingerprint density at radius 2 is 1.89 bits per heavy atom. The fourth-order valence-corrected chi connectivity index (χ4v) is 1.80. The molecule has 2 nitrogen and oxygen atoms in total. The van der Waals surface area contributed by atoms with Crippen molar-refractivity contribution >= 4 is 15.9 Å². The average molecular weight is 326 g/mol. The lowest BCUT2D eigenvalue weighted by Crippen LogP contribution is -2.31. The molecule has 1 aromatic rings. The summed E-state index contributed by atoms with van der Waals surface area (Å²) in [4.78, 5) is 0. The van der Waals surface area contributed by atoms with Crippen LogP contribution in [0, 0.1) is 0 Å². The van der Waals surface area contributed by atoms with Crippen LogP contribution in [0.1, 0.15) is 25.5 Å². The predicted octanol–water partition coefficient (Wildman–Crippen LogP) is 4.06. The lowest BCUT2D eigenvalue weighted by atomic mass is 10.1. The minimum atomic E-state index is -4.36. The van der Waals surface area contributed by atoms with Gasteiger partial charge >= 0.3 is 6.18 Å². The number of nitrogens with one attached hydrogen (secondary N) is 1. The van der Waals surface area contributed by atoms with Gasteiger partial charge < -0.3 is 10.1 Å². The third kappa shape index (κ3) is 3.88. The van der Waals surface area contributed by atoms with Crippen molar-refractivity contribution < 1.29 is 17.9 Å². The van der Waals surface area contributed by atoms with E-state index in [-0.39, 0.29) is 11.8 Å². The number of hydrogen-bond acceptors (Lipinski definition) is 2. The quantitative estimate of drug-likeness (QED) is 0.901. The summed E-state index contributed by atoms with van der Waals surface area (Å²) in [7, 11) is 1.81. The van der Waals surface area contributed by atoms with Crippen LogP contribution in [0.15, 0.2) is 22.7 Å². The van der Waals surface area contributed by atoms with Crippen molar-refractivity contribution in [1.29, 1.82) is 0 Å². The molecule has 0 heterocycles. The Labute approximate surface area is 113 Å². The maximum absolute atomic E-state index is 12.4. The minimum Gasteiger partial charge on any atom is -0.480 e. The van der Waals surface area contributed by atoms with Crippen molar-refractivity contribution in [3.8, 4) is 5.75 Å². The summed E-state index contributed by atoms with van der Waals surface area (Å²) in [5, 5.41) is 3.05. The van der Waals surface area contributed by atoms with E-state index in [4.69, 9.17) is 4.74 Å². The largest absolute Gasteiger partial charge is 0.480 e. The lowest BCUT2D eigenvalue weighted by molar-refractivity contribution is -0.189. The summed E-state index contributed by atoms with van der Waals surface area (Å²) in [6.07, 6.45) is -6.20. The molecule has 0 aliphatic rings. The third-order valence-corrected chi connectivity index (χ3v) is 3.27. The number of benzene rings is 1. The zero-order valence-corrected chi connectivity index (χ0v) is 11.9. The predicted molar refractivity (Wildman–Crippen MR) is 67.8 cm³/mol. The summed E-state index contributed by atoms with van der Waals surface area (Å²) in [5.74, 6) is 0.187. The standard InChI is InChI=1S/C12H15BrF3NO/c1-7(17-3)9-4-5-11(10(13)6-9)18-8(2)12(14,15)16/h4-8,17H,1-3H3. The molecule has 0 amide bonds. The molecule has 0 aliphatic carbocycles. The van der Waals surface area contributed by atoms with Gasteiger partial charge in [-0.2, -0.15) is 13.2 Å². The van der Waals surface area contributed by atoms with Crippen LogP contribution < -0.4 is 10.1 Å². The van der Waals surface area contributed by atoms with Gasteiger partial charge in [-0.1, -0.05) is 6.07 Å². The number of hydrogen-bond donors (Lipinski definition) is 1. The van der Waals surface area contributed by atoms with E-state index in [0.29, 0.717) is 4.47 Å². The van der Waals surface area contributed by atoms with Crippen molar-refractivity contribution in [3.05, 3.63) is 28.2 Å². The van der Waals surface area contributed by atoms with Gasteiger partial charge in [-0.25, -0.2) is 0 Å². The first-order valence-corrected chi connectivity index (χ1v) is 6.25. The molecular weight excluding hydrogens is 311 g/mol. The van der Waals surface area contributed by atoms with Crippen molar-refractivity contribution in [3.63, 3.8) is 0 Å². The van der Waals surface area contributed by atoms with Crippen LogP contribution in [0.3, 0.4) is 0 Å². The molecule has 2 unspecified atom stereocenters. The van der Waals surface area contributed by atoms with E-state index in [2.05, 4.69) is 21.2 Å². The second kappa shape index (κ2) is 5.93. The highest BCUT2D eigenvalue weighted by atomic mass is 79.9. The van der Waals surface area contributed by atoms with E-state index < -0.39 is 12.3 Å². The van der Waals surface area contributed by atoms with Gasteiger partial charge in [-0.15, -0.1) is 0 Å². The van der Waals surface area contributed by atoms with E-state index in [1.165, 1.54) is 6.07 Å². The monoisotopic (exact) mass is 325 g/mol. The van der Waals surface area contributed by atoms with Crippen molar-refractivity contribution in [2.45, 2.75) is 32.2 Å². The number of rotatable bonds is 4. The van der Waals surface area contributed by atoms with E-state index in [9.17, 15) is 13.2 Å². The van der Waals surface area contributed by atoms with Crippen LogP contribution in [-0.2, 0) is 0 Å². The Kier molecular flexibility index (Phi) is 5.04. The van der Waals surface area contributed by atoms with E-state index in [1.807, 2.05) is 14.0 Å². The smallest absolute Gasteiger partial charge is 0.425 e. The van der Waals surface area contributed by atoms with Gasteiger partial charge in [0.15, 0.2) is 6.10 Å². The summed E-state index contributed by atoms with van der Waals surface area (Å²) in [6.45, 7) is 2.94. The molecule has 18 heavy (non-hydrogen) atoms. The van der Waals surface area contributed by atoms with Gasteiger partial charge in [-0.3, -0.25) is 0 Å². The molecular formula is C12H15BrF3NO. The molecule has 0 radical (unpaired) electrons. The number of halogens is 4. The maximum Gasteiger partial charge on any atom is 0.425 e. The molecule has 0 saturated heterocycles. The summed E-state index contributed by atoms with van der Waals surface area (Å²) in [5.41, 5.74) is 0.969. The Bertz CT molecular complexity index is 409. The lowest BCUT2D eigenvalue weighted by Gasteiger charge is -2.19. The second-order valence-corrected chi connectivity index (χ2v) is 4.86. The normalized spacial score (nSPS) is 15.3. The molecule has 1 rings (SSSR count). The molecule has 1 N–H and O–H groups in total. The highest BCUT2D eigenvalue weighted by molar-refractivity contribution is 9.10. The van der Waals surface area contributed by atoms with Crippen LogP contribution in [-0.4, -0.2) is 19.3 Å². The number of alkyl halides is 3. The summed E-state index contributed by atoms with van der Waals surface area (Å²) < 4.78 is 42.5. The van der Waals surface area contributed by atoms with Crippen molar-refractivity contribution in [2.75, 3.05) is 7.05 Å². The Morgan fingerprint density at radius 1 is 1.28 bits per heavy atom. The SMILES string of the molecule is CNC(C)c1ccc(OC(C)C(F)(F)F)c(Br)c1. The van der Waals surface area contributed by atoms with Crippen molar-refractivity contribution in [2.24, 2.45) is 0 Å². The summed E-state index contributed by atoms with van der Waals surface area (Å²) in [6, 6.07) is 5.15. The van der Waals surface area contributed by atoms with Crippen LogP contribution in [0.4, 0.5) is 13.2 Å². The average Bonchev–Trinajstić information content (AvgIpc) is 2.29. The zero-order chi connectivity index (χ0) is 13.9. The van der Waals surface area contributed by atoms with Gasteiger partial charge in [-0.05, 0) is 54.5 Å². The molecule has 0 fully saturated rings. The molecule has 102 valence electrons. The Balaban J connectivity index is 2.87. The van der Waals surface area contributed by atoms with Gasteiger partial charge in [0.25, 0.3) is 0 Å². The van der Waals surface area contributed by atoms with E-state index >= 15 is 0 Å². The van der Waals surface area contributed by atoms with Crippen LogP contribution in [0.25, 0.3) is 0 Å². The van der Waals surface area contributed by atoms with E-state index in [1.54, 1.807) is 12.1 Å². The molecule has 0 bridgehead atoms. The fraction of sp³-hybridized carbons (Fsp3) is 0.500. The molecule has 0 aromatic heterocycles. The van der Waals surface area contributed by atoms with E-state index in [0.717, 1.165) is 12.5 Å². The van der Waals surface area contributed by atoms with Crippen molar-refractivity contribution in [1.82, 2.24) is 5.32 Å². The van der Waals surface area contributed by atoms with Crippen LogP contribution in [0.5, 0.6) is 5.75 Å². The summed E-state index contributed by atoms with van der Waals surface area (Å²) >= 11 is 3.22. The zero-order valence-electron chi connectivity index (χ0n) is 10.3. The highest BCUT2D eigenvalue weighted by Gasteiger charge is 2.38. The molecule has 6 heteroatoms. The Morgan fingerprint density at radius 3 is 2.33 bits per heavy atom. The van der Waals surface area contributed by atoms with Crippen LogP contribution in [0.2, 0.25) is 0 Å². The van der Waals surface area contributed by atoms with Gasteiger partial charge in [0.1, 0.15) is 5.75 Å². The first-order chi connectivity index (χ1) is 8.25.